The predicted molar refractivity (Wildman–Crippen MR) is 135 cm³/mol. The highest BCUT2D eigenvalue weighted by Crippen LogP contribution is 2.35. The molecule has 6 nitrogen and oxygen atoms in total. The van der Waals surface area contributed by atoms with Gasteiger partial charge in [-0.05, 0) is 71.8 Å². The van der Waals surface area contributed by atoms with Crippen molar-refractivity contribution < 1.29 is 0 Å². The summed E-state index contributed by atoms with van der Waals surface area (Å²) in [7, 11) is 0. The SMILES string of the molecule is CCn1c(=O)n(C(C)C)c2ccc(-c3[nH]c(C4CCNCC4)nc3-c3cccc(C)c3)cc21. The molecule has 1 fully saturated rings. The molecule has 0 atom stereocenters. The van der Waals surface area contributed by atoms with E-state index in [1.54, 1.807) is 0 Å². The number of imidazole rings is 2. The monoisotopic (exact) mass is 443 g/mol. The zero-order valence-electron chi connectivity index (χ0n) is 20.0. The Labute approximate surface area is 194 Å². The summed E-state index contributed by atoms with van der Waals surface area (Å²) in [6.07, 6.45) is 2.18. The zero-order chi connectivity index (χ0) is 23.1. The van der Waals surface area contributed by atoms with Gasteiger partial charge in [0.2, 0.25) is 0 Å². The summed E-state index contributed by atoms with van der Waals surface area (Å²) >= 11 is 0. The molecule has 2 N–H and O–H groups in total. The van der Waals surface area contributed by atoms with Crippen LogP contribution in [0.4, 0.5) is 0 Å². The van der Waals surface area contributed by atoms with Gasteiger partial charge in [-0.2, -0.15) is 0 Å². The van der Waals surface area contributed by atoms with Gasteiger partial charge in [-0.25, -0.2) is 9.78 Å². The second-order valence-electron chi connectivity index (χ2n) is 9.43. The molecule has 1 saturated heterocycles. The van der Waals surface area contributed by atoms with Crippen LogP contribution in [0.25, 0.3) is 33.5 Å². The molecule has 0 unspecified atom stereocenters. The first-order valence-corrected chi connectivity index (χ1v) is 12.1. The molecule has 0 amide bonds. The number of H-pyrrole nitrogens is 1. The van der Waals surface area contributed by atoms with Crippen molar-refractivity contribution in [3.8, 4) is 22.5 Å². The molecule has 3 heterocycles. The van der Waals surface area contributed by atoms with E-state index < -0.39 is 0 Å². The van der Waals surface area contributed by atoms with Crippen LogP contribution in [-0.4, -0.2) is 32.2 Å². The van der Waals surface area contributed by atoms with E-state index >= 15 is 0 Å². The highest BCUT2D eigenvalue weighted by atomic mass is 16.1. The Balaban J connectivity index is 1.70. The molecule has 1 aliphatic rings. The van der Waals surface area contributed by atoms with Crippen LogP contribution in [0.15, 0.2) is 47.3 Å². The van der Waals surface area contributed by atoms with E-state index in [-0.39, 0.29) is 11.7 Å². The molecule has 0 saturated carbocycles. The minimum atomic E-state index is 0.0542. The second-order valence-corrected chi connectivity index (χ2v) is 9.43. The van der Waals surface area contributed by atoms with Crippen LogP contribution < -0.4 is 11.0 Å². The topological polar surface area (TPSA) is 67.6 Å². The maximum atomic E-state index is 13.0. The molecule has 5 rings (SSSR count). The number of aromatic nitrogens is 4. The quantitative estimate of drug-likeness (QED) is 0.443. The third-order valence-corrected chi connectivity index (χ3v) is 6.82. The van der Waals surface area contributed by atoms with Gasteiger partial charge >= 0.3 is 5.69 Å². The molecule has 172 valence electrons. The number of aryl methyl sites for hydroxylation is 2. The zero-order valence-corrected chi connectivity index (χ0v) is 20.0. The second kappa shape index (κ2) is 8.67. The van der Waals surface area contributed by atoms with Crippen LogP contribution in [-0.2, 0) is 6.54 Å². The van der Waals surface area contributed by atoms with Crippen molar-refractivity contribution in [1.29, 1.82) is 0 Å². The van der Waals surface area contributed by atoms with Gasteiger partial charge < -0.3 is 10.3 Å². The first-order valence-electron chi connectivity index (χ1n) is 12.1. The van der Waals surface area contributed by atoms with Gasteiger partial charge in [0.15, 0.2) is 0 Å². The lowest BCUT2D eigenvalue weighted by Crippen LogP contribution is -2.27. The Morgan fingerprint density at radius 1 is 1.06 bits per heavy atom. The fraction of sp³-hybridized carbons (Fsp3) is 0.407. The molecule has 0 bridgehead atoms. The Hall–Kier alpha value is -3.12. The number of fused-ring (bicyclic) bond motifs is 1. The fourth-order valence-corrected chi connectivity index (χ4v) is 5.13. The molecule has 33 heavy (non-hydrogen) atoms. The van der Waals surface area contributed by atoms with E-state index in [9.17, 15) is 4.79 Å². The summed E-state index contributed by atoms with van der Waals surface area (Å²) in [5.74, 6) is 1.50. The van der Waals surface area contributed by atoms with Gasteiger partial charge in [0.05, 0.1) is 22.4 Å². The van der Waals surface area contributed by atoms with E-state index in [1.165, 1.54) is 5.56 Å². The molecule has 0 spiro atoms. The van der Waals surface area contributed by atoms with Crippen molar-refractivity contribution in [3.05, 3.63) is 64.3 Å². The molecule has 0 aliphatic carbocycles. The fourth-order valence-electron chi connectivity index (χ4n) is 5.13. The van der Waals surface area contributed by atoms with Crippen molar-refractivity contribution in [1.82, 2.24) is 24.4 Å². The largest absolute Gasteiger partial charge is 0.341 e. The van der Waals surface area contributed by atoms with Crippen molar-refractivity contribution in [2.45, 2.75) is 59.0 Å². The van der Waals surface area contributed by atoms with E-state index in [1.807, 2.05) is 16.1 Å². The number of piperidine rings is 1. The molecule has 2 aromatic carbocycles. The molecule has 4 aromatic rings. The average Bonchev–Trinajstić information content (AvgIpc) is 3.38. The van der Waals surface area contributed by atoms with Gasteiger partial charge in [-0.1, -0.05) is 29.8 Å². The molecular weight excluding hydrogens is 410 g/mol. The Bertz CT molecular complexity index is 1350. The Kier molecular flexibility index (Phi) is 5.71. The summed E-state index contributed by atoms with van der Waals surface area (Å²) in [6, 6.07) is 15.0. The number of rotatable bonds is 5. The van der Waals surface area contributed by atoms with Crippen LogP contribution in [0.1, 0.15) is 57.0 Å². The van der Waals surface area contributed by atoms with Crippen molar-refractivity contribution in [2.75, 3.05) is 13.1 Å². The first kappa shape index (κ1) is 21.7. The van der Waals surface area contributed by atoms with E-state index in [4.69, 9.17) is 4.98 Å². The smallest absolute Gasteiger partial charge is 0.329 e. The van der Waals surface area contributed by atoms with Gasteiger partial charge in [0, 0.05) is 29.6 Å². The molecular formula is C27H33N5O. The lowest BCUT2D eigenvalue weighted by Gasteiger charge is -2.20. The predicted octanol–water partition coefficient (Wildman–Crippen LogP) is 5.24. The van der Waals surface area contributed by atoms with Gasteiger partial charge in [0.1, 0.15) is 5.82 Å². The molecule has 0 radical (unpaired) electrons. The van der Waals surface area contributed by atoms with Crippen LogP contribution in [0.2, 0.25) is 0 Å². The van der Waals surface area contributed by atoms with E-state index in [0.717, 1.165) is 65.3 Å². The minimum Gasteiger partial charge on any atom is -0.341 e. The number of nitrogens with one attached hydrogen (secondary N) is 2. The summed E-state index contributed by atoms with van der Waals surface area (Å²) in [5, 5.41) is 3.45. The normalized spacial score (nSPS) is 15.1. The highest BCUT2D eigenvalue weighted by molar-refractivity contribution is 5.86. The van der Waals surface area contributed by atoms with Crippen LogP contribution in [0.5, 0.6) is 0 Å². The third-order valence-electron chi connectivity index (χ3n) is 6.82. The third kappa shape index (κ3) is 3.82. The van der Waals surface area contributed by atoms with Crippen LogP contribution in [0.3, 0.4) is 0 Å². The van der Waals surface area contributed by atoms with Gasteiger partial charge in [0.25, 0.3) is 0 Å². The number of benzene rings is 2. The number of nitrogens with zero attached hydrogens (tertiary/aromatic N) is 3. The lowest BCUT2D eigenvalue weighted by molar-refractivity contribution is 0.447. The maximum Gasteiger partial charge on any atom is 0.329 e. The lowest BCUT2D eigenvalue weighted by atomic mass is 9.97. The maximum absolute atomic E-state index is 13.0. The summed E-state index contributed by atoms with van der Waals surface area (Å²) < 4.78 is 3.76. The van der Waals surface area contributed by atoms with Crippen LogP contribution in [0, 0.1) is 6.92 Å². The van der Waals surface area contributed by atoms with Gasteiger partial charge in [-0.15, -0.1) is 0 Å². The Morgan fingerprint density at radius 3 is 2.55 bits per heavy atom. The van der Waals surface area contributed by atoms with E-state index in [2.05, 4.69) is 73.5 Å². The molecule has 2 aromatic heterocycles. The molecule has 6 heteroatoms. The minimum absolute atomic E-state index is 0.0542. The highest BCUT2D eigenvalue weighted by Gasteiger charge is 2.23. The Morgan fingerprint density at radius 2 is 1.85 bits per heavy atom. The van der Waals surface area contributed by atoms with Crippen molar-refractivity contribution in [2.24, 2.45) is 0 Å². The van der Waals surface area contributed by atoms with E-state index in [0.29, 0.717) is 12.5 Å². The molecule has 1 aliphatic heterocycles. The number of aromatic amines is 1. The summed E-state index contributed by atoms with van der Waals surface area (Å²) in [4.78, 5) is 21.9. The number of hydrogen-bond donors (Lipinski definition) is 2. The number of hydrogen-bond acceptors (Lipinski definition) is 3. The van der Waals surface area contributed by atoms with Gasteiger partial charge in [-0.3, -0.25) is 9.13 Å². The average molecular weight is 444 g/mol. The van der Waals surface area contributed by atoms with Crippen molar-refractivity contribution >= 4 is 11.0 Å². The summed E-state index contributed by atoms with van der Waals surface area (Å²) in [6.45, 7) is 11.0. The first-order chi connectivity index (χ1) is 16.0. The van der Waals surface area contributed by atoms with Crippen LogP contribution >= 0.6 is 0 Å². The standard InChI is InChI=1S/C27H33N5O/c1-5-31-23-16-21(9-10-22(23)32(17(2)3)27(31)33)25-24(20-8-6-7-18(4)15-20)29-26(30-25)19-11-13-28-14-12-19/h6-10,15-17,19,28H,5,11-14H2,1-4H3,(H,29,30). The van der Waals surface area contributed by atoms with Crippen molar-refractivity contribution in [3.63, 3.8) is 0 Å². The summed E-state index contributed by atoms with van der Waals surface area (Å²) in [5.41, 5.74) is 7.43.